The van der Waals surface area contributed by atoms with Gasteiger partial charge >= 0.3 is 0 Å². The molecule has 5 heteroatoms. The van der Waals surface area contributed by atoms with E-state index >= 15 is 0 Å². The summed E-state index contributed by atoms with van der Waals surface area (Å²) < 4.78 is 10.2. The van der Waals surface area contributed by atoms with Crippen molar-refractivity contribution in [2.75, 3.05) is 31.7 Å². The molecule has 1 amide bonds. The van der Waals surface area contributed by atoms with E-state index < -0.39 is 0 Å². The van der Waals surface area contributed by atoms with E-state index in [0.29, 0.717) is 31.1 Å². The third kappa shape index (κ3) is 4.95. The molecule has 0 aliphatic heterocycles. The van der Waals surface area contributed by atoms with Crippen molar-refractivity contribution in [3.63, 3.8) is 0 Å². The van der Waals surface area contributed by atoms with Crippen LogP contribution in [0.25, 0.3) is 0 Å². The smallest absolute Gasteiger partial charge is 0.250 e. The van der Waals surface area contributed by atoms with Gasteiger partial charge in [-0.3, -0.25) is 4.79 Å². The SMILES string of the molecule is CCOCCOCC(=O)Nc1ccccc1C#N. The highest BCUT2D eigenvalue weighted by Crippen LogP contribution is 2.12. The van der Waals surface area contributed by atoms with Crippen LogP contribution in [0.15, 0.2) is 24.3 Å². The first-order valence-corrected chi connectivity index (χ1v) is 5.72. The van der Waals surface area contributed by atoms with Crippen molar-refractivity contribution in [2.24, 2.45) is 0 Å². The fourth-order valence-electron chi connectivity index (χ4n) is 1.30. The summed E-state index contributed by atoms with van der Waals surface area (Å²) in [6.07, 6.45) is 0. The first-order chi connectivity index (χ1) is 8.77. The van der Waals surface area contributed by atoms with E-state index in [1.807, 2.05) is 13.0 Å². The molecule has 0 heterocycles. The van der Waals surface area contributed by atoms with Crippen LogP contribution in [0.5, 0.6) is 0 Å². The number of hydrogen-bond donors (Lipinski definition) is 1. The number of benzene rings is 1. The van der Waals surface area contributed by atoms with E-state index in [0.717, 1.165) is 0 Å². The molecule has 0 aliphatic rings. The van der Waals surface area contributed by atoms with Crippen molar-refractivity contribution in [3.8, 4) is 6.07 Å². The molecule has 5 nitrogen and oxygen atoms in total. The monoisotopic (exact) mass is 248 g/mol. The van der Waals surface area contributed by atoms with Crippen molar-refractivity contribution in [1.82, 2.24) is 0 Å². The van der Waals surface area contributed by atoms with Gasteiger partial charge in [-0.15, -0.1) is 0 Å². The first-order valence-electron chi connectivity index (χ1n) is 5.72. The van der Waals surface area contributed by atoms with Crippen molar-refractivity contribution in [3.05, 3.63) is 29.8 Å². The number of rotatable bonds is 7. The number of nitriles is 1. The molecule has 18 heavy (non-hydrogen) atoms. The van der Waals surface area contributed by atoms with Gasteiger partial charge in [0.15, 0.2) is 0 Å². The molecule has 0 radical (unpaired) electrons. The summed E-state index contributed by atoms with van der Waals surface area (Å²) in [4.78, 5) is 11.5. The lowest BCUT2D eigenvalue weighted by Gasteiger charge is -2.07. The largest absolute Gasteiger partial charge is 0.379 e. The minimum absolute atomic E-state index is 0.0488. The lowest BCUT2D eigenvalue weighted by atomic mass is 10.2. The van der Waals surface area contributed by atoms with Crippen molar-refractivity contribution in [2.45, 2.75) is 6.92 Å². The van der Waals surface area contributed by atoms with Crippen molar-refractivity contribution in [1.29, 1.82) is 5.26 Å². The molecule has 0 aromatic heterocycles. The molecular formula is C13H16N2O3. The predicted octanol–water partition coefficient (Wildman–Crippen LogP) is 1.55. The number of amides is 1. The average molecular weight is 248 g/mol. The summed E-state index contributed by atoms with van der Waals surface area (Å²) in [6, 6.07) is 8.83. The second kappa shape index (κ2) is 8.23. The summed E-state index contributed by atoms with van der Waals surface area (Å²) in [6.45, 7) is 3.32. The van der Waals surface area contributed by atoms with E-state index in [1.54, 1.807) is 24.3 Å². The lowest BCUT2D eigenvalue weighted by Crippen LogP contribution is -2.20. The predicted molar refractivity (Wildman–Crippen MR) is 67.1 cm³/mol. The summed E-state index contributed by atoms with van der Waals surface area (Å²) >= 11 is 0. The molecule has 0 saturated heterocycles. The number of ether oxygens (including phenoxy) is 2. The summed E-state index contributed by atoms with van der Waals surface area (Å²) in [5.41, 5.74) is 0.929. The van der Waals surface area contributed by atoms with Crippen LogP contribution in [0.1, 0.15) is 12.5 Å². The molecule has 1 rings (SSSR count). The summed E-state index contributed by atoms with van der Waals surface area (Å²) in [5.74, 6) is -0.283. The van der Waals surface area contributed by atoms with Gasteiger partial charge in [-0.05, 0) is 19.1 Å². The van der Waals surface area contributed by atoms with E-state index in [4.69, 9.17) is 14.7 Å². The second-order valence-electron chi connectivity index (χ2n) is 3.46. The molecule has 0 saturated carbocycles. The van der Waals surface area contributed by atoms with Gasteiger partial charge < -0.3 is 14.8 Å². The molecule has 1 aromatic rings. The van der Waals surface area contributed by atoms with E-state index in [9.17, 15) is 4.79 Å². The topological polar surface area (TPSA) is 71.3 Å². The Kier molecular flexibility index (Phi) is 6.47. The molecule has 0 fully saturated rings. The number of anilines is 1. The summed E-state index contributed by atoms with van der Waals surface area (Å²) in [7, 11) is 0. The van der Waals surface area contributed by atoms with Gasteiger partial charge in [-0.2, -0.15) is 5.26 Å². The third-order valence-electron chi connectivity index (χ3n) is 2.13. The molecule has 0 aliphatic carbocycles. The normalized spacial score (nSPS) is 9.78. The average Bonchev–Trinajstić information content (AvgIpc) is 2.39. The van der Waals surface area contributed by atoms with Crippen molar-refractivity contribution < 1.29 is 14.3 Å². The van der Waals surface area contributed by atoms with Gasteiger partial charge in [-0.1, -0.05) is 12.1 Å². The maximum atomic E-state index is 11.5. The Bertz CT molecular complexity index is 426. The molecular weight excluding hydrogens is 232 g/mol. The van der Waals surface area contributed by atoms with Crippen LogP contribution in [-0.4, -0.2) is 32.3 Å². The minimum atomic E-state index is -0.283. The Hall–Kier alpha value is -1.90. The number of nitrogens with zero attached hydrogens (tertiary/aromatic N) is 1. The minimum Gasteiger partial charge on any atom is -0.379 e. The molecule has 0 atom stereocenters. The lowest BCUT2D eigenvalue weighted by molar-refractivity contribution is -0.121. The second-order valence-corrected chi connectivity index (χ2v) is 3.46. The maximum Gasteiger partial charge on any atom is 0.250 e. The Labute approximate surface area is 106 Å². The van der Waals surface area contributed by atoms with Gasteiger partial charge in [0.05, 0.1) is 24.5 Å². The van der Waals surface area contributed by atoms with E-state index in [2.05, 4.69) is 5.32 Å². The van der Waals surface area contributed by atoms with Crippen LogP contribution in [0.4, 0.5) is 5.69 Å². The zero-order valence-corrected chi connectivity index (χ0v) is 10.3. The summed E-state index contributed by atoms with van der Waals surface area (Å²) in [5, 5.41) is 11.5. The molecule has 0 spiro atoms. The molecule has 0 bridgehead atoms. The van der Waals surface area contributed by atoms with Gasteiger partial charge in [0.2, 0.25) is 5.91 Å². The van der Waals surface area contributed by atoms with Crippen LogP contribution in [0.2, 0.25) is 0 Å². The number of hydrogen-bond acceptors (Lipinski definition) is 4. The highest BCUT2D eigenvalue weighted by Gasteiger charge is 2.05. The molecule has 1 N–H and O–H groups in total. The highest BCUT2D eigenvalue weighted by molar-refractivity contribution is 5.92. The molecule has 1 aromatic carbocycles. The van der Waals surface area contributed by atoms with Crippen LogP contribution >= 0.6 is 0 Å². The number of nitrogens with one attached hydrogen (secondary N) is 1. The van der Waals surface area contributed by atoms with Gasteiger partial charge in [-0.25, -0.2) is 0 Å². The Morgan fingerprint density at radius 1 is 1.33 bits per heavy atom. The quantitative estimate of drug-likeness (QED) is 0.743. The number of carbonyl (C=O) groups is 1. The zero-order valence-electron chi connectivity index (χ0n) is 10.3. The van der Waals surface area contributed by atoms with Crippen LogP contribution in [0, 0.1) is 11.3 Å². The molecule has 96 valence electrons. The van der Waals surface area contributed by atoms with Gasteiger partial charge in [0.1, 0.15) is 12.7 Å². The fraction of sp³-hybridized carbons (Fsp3) is 0.385. The Balaban J connectivity index is 2.34. The van der Waals surface area contributed by atoms with E-state index in [-0.39, 0.29) is 12.5 Å². The van der Waals surface area contributed by atoms with Gasteiger partial charge in [0.25, 0.3) is 0 Å². The standard InChI is InChI=1S/C13H16N2O3/c1-2-17-7-8-18-10-13(16)15-12-6-4-3-5-11(12)9-14/h3-6H,2,7-8,10H2,1H3,(H,15,16). The fourth-order valence-corrected chi connectivity index (χ4v) is 1.30. The molecule has 0 unspecified atom stereocenters. The van der Waals surface area contributed by atoms with Crippen molar-refractivity contribution >= 4 is 11.6 Å². The third-order valence-corrected chi connectivity index (χ3v) is 2.13. The maximum absolute atomic E-state index is 11.5. The van der Waals surface area contributed by atoms with E-state index in [1.165, 1.54) is 0 Å². The van der Waals surface area contributed by atoms with Crippen LogP contribution in [0.3, 0.4) is 0 Å². The zero-order chi connectivity index (χ0) is 13.2. The highest BCUT2D eigenvalue weighted by atomic mass is 16.5. The Morgan fingerprint density at radius 2 is 2.06 bits per heavy atom. The number of carbonyl (C=O) groups excluding carboxylic acids is 1. The number of para-hydroxylation sites is 1. The van der Waals surface area contributed by atoms with Gasteiger partial charge in [0, 0.05) is 6.61 Å². The Morgan fingerprint density at radius 3 is 2.78 bits per heavy atom. The van der Waals surface area contributed by atoms with Crippen LogP contribution in [-0.2, 0) is 14.3 Å². The first kappa shape index (κ1) is 14.2. The van der Waals surface area contributed by atoms with Crippen LogP contribution < -0.4 is 5.32 Å².